The number of benzene rings is 2. The van der Waals surface area contributed by atoms with E-state index in [1.54, 1.807) is 6.20 Å². The van der Waals surface area contributed by atoms with Gasteiger partial charge in [0.25, 0.3) is 5.91 Å². The predicted molar refractivity (Wildman–Crippen MR) is 112 cm³/mol. The summed E-state index contributed by atoms with van der Waals surface area (Å²) in [5.74, 6) is 0.000594. The van der Waals surface area contributed by atoms with Gasteiger partial charge in [0.2, 0.25) is 0 Å². The first-order valence-electron chi connectivity index (χ1n) is 8.80. The number of carbonyl (C=O) groups is 1. The van der Waals surface area contributed by atoms with E-state index in [0.717, 1.165) is 38.7 Å². The minimum absolute atomic E-state index is 0.306. The average molecular weight is 385 g/mol. The van der Waals surface area contributed by atoms with Gasteiger partial charge in [0.15, 0.2) is 10.9 Å². The summed E-state index contributed by atoms with van der Waals surface area (Å²) in [5.41, 5.74) is 3.05. The second-order valence-electron chi connectivity index (χ2n) is 6.43. The number of amides is 1. The van der Waals surface area contributed by atoms with Crippen LogP contribution in [0.1, 0.15) is 16.1 Å². The maximum atomic E-state index is 12.8. The van der Waals surface area contributed by atoms with Crippen LogP contribution in [0.5, 0.6) is 0 Å². The molecule has 6 heteroatoms. The van der Waals surface area contributed by atoms with Gasteiger partial charge in [-0.25, -0.2) is 4.98 Å². The molecule has 0 bridgehead atoms. The lowest BCUT2D eigenvalue weighted by molar-refractivity contribution is 0.0998. The van der Waals surface area contributed by atoms with Crippen molar-refractivity contribution in [3.05, 3.63) is 77.5 Å². The second kappa shape index (κ2) is 6.58. The molecule has 5 nitrogen and oxygen atoms in total. The smallest absolute Gasteiger partial charge is 0.293 e. The van der Waals surface area contributed by atoms with E-state index in [2.05, 4.69) is 15.3 Å². The van der Waals surface area contributed by atoms with Crippen LogP contribution in [-0.2, 0) is 0 Å². The summed E-state index contributed by atoms with van der Waals surface area (Å²) in [5, 5.41) is 8.24. The van der Waals surface area contributed by atoms with E-state index < -0.39 is 0 Å². The Morgan fingerprint density at radius 2 is 1.86 bits per heavy atom. The number of hydrogen-bond donors (Lipinski definition) is 1. The molecule has 1 N–H and O–H groups in total. The maximum absolute atomic E-state index is 12.8. The number of nitrogens with one attached hydrogen (secondary N) is 1. The normalized spacial score (nSPS) is 11.2. The number of furan rings is 1. The Morgan fingerprint density at radius 1 is 1.00 bits per heavy atom. The minimum atomic E-state index is -0.306. The molecule has 28 heavy (non-hydrogen) atoms. The molecule has 0 aliphatic carbocycles. The SMILES string of the molecule is Cc1c(C(=O)Nc2nc(-c3ccccn3)cs2)oc2c1ccc1ccccc12. The van der Waals surface area contributed by atoms with Crippen LogP contribution in [0, 0.1) is 6.92 Å². The quantitative estimate of drug-likeness (QED) is 0.435. The zero-order valence-electron chi connectivity index (χ0n) is 15.0. The summed E-state index contributed by atoms with van der Waals surface area (Å²) in [4.78, 5) is 21.6. The molecule has 0 atom stereocenters. The third-order valence-corrected chi connectivity index (χ3v) is 5.44. The molecular weight excluding hydrogens is 370 g/mol. The van der Waals surface area contributed by atoms with Gasteiger partial charge in [-0.15, -0.1) is 11.3 Å². The van der Waals surface area contributed by atoms with Gasteiger partial charge in [-0.2, -0.15) is 0 Å². The molecule has 0 radical (unpaired) electrons. The van der Waals surface area contributed by atoms with E-state index in [1.165, 1.54) is 11.3 Å². The monoisotopic (exact) mass is 385 g/mol. The van der Waals surface area contributed by atoms with Crippen LogP contribution in [0.4, 0.5) is 5.13 Å². The first-order valence-corrected chi connectivity index (χ1v) is 9.68. The third kappa shape index (κ3) is 2.75. The molecule has 0 saturated heterocycles. The lowest BCUT2D eigenvalue weighted by atomic mass is 10.1. The molecule has 0 spiro atoms. The largest absolute Gasteiger partial charge is 0.450 e. The van der Waals surface area contributed by atoms with E-state index >= 15 is 0 Å². The van der Waals surface area contributed by atoms with Gasteiger partial charge in [-0.1, -0.05) is 42.5 Å². The fourth-order valence-electron chi connectivity index (χ4n) is 3.28. The number of carbonyl (C=O) groups excluding carboxylic acids is 1. The Labute approximate surface area is 164 Å². The predicted octanol–water partition coefficient (Wildman–Crippen LogP) is 5.67. The molecule has 0 aliphatic heterocycles. The number of pyridine rings is 1. The van der Waals surface area contributed by atoms with E-state index in [0.29, 0.717) is 10.9 Å². The van der Waals surface area contributed by atoms with Gasteiger partial charge in [0.1, 0.15) is 11.3 Å². The van der Waals surface area contributed by atoms with Gasteiger partial charge in [0.05, 0.1) is 5.69 Å². The highest BCUT2D eigenvalue weighted by Gasteiger charge is 2.20. The first kappa shape index (κ1) is 16.6. The summed E-state index contributed by atoms with van der Waals surface area (Å²) >= 11 is 1.36. The average Bonchev–Trinajstić information content (AvgIpc) is 3.33. The molecule has 0 aliphatic rings. The second-order valence-corrected chi connectivity index (χ2v) is 7.28. The van der Waals surface area contributed by atoms with E-state index in [1.807, 2.05) is 66.9 Å². The van der Waals surface area contributed by atoms with Gasteiger partial charge in [-0.3, -0.25) is 15.1 Å². The van der Waals surface area contributed by atoms with Gasteiger partial charge in [-0.05, 0) is 24.4 Å². The lowest BCUT2D eigenvalue weighted by Gasteiger charge is -1.99. The van der Waals surface area contributed by atoms with Crippen molar-refractivity contribution in [1.82, 2.24) is 9.97 Å². The Bertz CT molecular complexity index is 1320. The Kier molecular flexibility index (Phi) is 3.91. The van der Waals surface area contributed by atoms with Crippen LogP contribution < -0.4 is 5.32 Å². The van der Waals surface area contributed by atoms with Crippen LogP contribution in [0.25, 0.3) is 33.1 Å². The summed E-state index contributed by atoms with van der Waals surface area (Å²) in [7, 11) is 0. The number of aromatic nitrogens is 2. The molecule has 0 saturated carbocycles. The number of hydrogen-bond acceptors (Lipinski definition) is 5. The van der Waals surface area contributed by atoms with Gasteiger partial charge < -0.3 is 4.42 Å². The zero-order valence-corrected chi connectivity index (χ0v) is 15.8. The van der Waals surface area contributed by atoms with Crippen LogP contribution in [0.3, 0.4) is 0 Å². The van der Waals surface area contributed by atoms with Gasteiger partial charge >= 0.3 is 0 Å². The Balaban J connectivity index is 1.49. The molecule has 0 unspecified atom stereocenters. The van der Waals surface area contributed by atoms with Crippen LogP contribution in [-0.4, -0.2) is 15.9 Å². The van der Waals surface area contributed by atoms with Crippen LogP contribution >= 0.6 is 11.3 Å². The molecule has 5 rings (SSSR count). The van der Waals surface area contributed by atoms with Crippen molar-refractivity contribution in [1.29, 1.82) is 0 Å². The van der Waals surface area contributed by atoms with Crippen molar-refractivity contribution < 1.29 is 9.21 Å². The Morgan fingerprint density at radius 3 is 2.71 bits per heavy atom. The van der Waals surface area contributed by atoms with E-state index in [9.17, 15) is 4.79 Å². The fraction of sp³-hybridized carbons (Fsp3) is 0.0455. The molecule has 0 fully saturated rings. The Hall–Kier alpha value is -3.51. The molecule has 5 aromatic rings. The number of fused-ring (bicyclic) bond motifs is 3. The lowest BCUT2D eigenvalue weighted by Crippen LogP contribution is -2.11. The highest BCUT2D eigenvalue weighted by molar-refractivity contribution is 7.14. The molecule has 2 aromatic carbocycles. The number of thiazole rings is 1. The molecule has 136 valence electrons. The van der Waals surface area contributed by atoms with Crippen molar-refractivity contribution >= 4 is 44.1 Å². The maximum Gasteiger partial charge on any atom is 0.293 e. The van der Waals surface area contributed by atoms with Crippen molar-refractivity contribution in [2.75, 3.05) is 5.32 Å². The molecule has 1 amide bonds. The third-order valence-electron chi connectivity index (χ3n) is 4.69. The van der Waals surface area contributed by atoms with E-state index in [4.69, 9.17) is 4.42 Å². The van der Waals surface area contributed by atoms with Crippen molar-refractivity contribution in [3.8, 4) is 11.4 Å². The fourth-order valence-corrected chi connectivity index (χ4v) is 3.98. The number of rotatable bonds is 3. The standard InChI is InChI=1S/C22H15N3O2S/c1-13-15-10-9-14-6-2-3-7-16(14)20(15)27-19(13)21(26)25-22-24-18(12-28-22)17-8-4-5-11-23-17/h2-12H,1H3,(H,24,25,26). The highest BCUT2D eigenvalue weighted by Crippen LogP contribution is 2.32. The zero-order chi connectivity index (χ0) is 19.1. The van der Waals surface area contributed by atoms with Crippen molar-refractivity contribution in [3.63, 3.8) is 0 Å². The number of nitrogens with zero attached hydrogens (tertiary/aromatic N) is 2. The van der Waals surface area contributed by atoms with Gasteiger partial charge in [0, 0.05) is 27.9 Å². The van der Waals surface area contributed by atoms with Crippen LogP contribution in [0.2, 0.25) is 0 Å². The first-order chi connectivity index (χ1) is 13.7. The highest BCUT2D eigenvalue weighted by atomic mass is 32.1. The number of anilines is 1. The molecular formula is C22H15N3O2S. The summed E-state index contributed by atoms with van der Waals surface area (Å²) < 4.78 is 5.99. The summed E-state index contributed by atoms with van der Waals surface area (Å²) in [6.07, 6.45) is 1.72. The summed E-state index contributed by atoms with van der Waals surface area (Å²) in [6.45, 7) is 1.90. The van der Waals surface area contributed by atoms with Crippen LogP contribution in [0.15, 0.2) is 70.6 Å². The van der Waals surface area contributed by atoms with Crippen molar-refractivity contribution in [2.24, 2.45) is 0 Å². The van der Waals surface area contributed by atoms with Crippen molar-refractivity contribution in [2.45, 2.75) is 6.92 Å². The topological polar surface area (TPSA) is 68.0 Å². The summed E-state index contributed by atoms with van der Waals surface area (Å²) in [6, 6.07) is 17.7. The van der Waals surface area contributed by atoms with E-state index in [-0.39, 0.29) is 5.91 Å². The molecule has 3 aromatic heterocycles. The minimum Gasteiger partial charge on any atom is -0.450 e. The molecule has 3 heterocycles. The number of aryl methyl sites for hydroxylation is 1.